The minimum Gasteiger partial charge on any atom is -0.550 e. The molecule has 4 nitrogen and oxygen atoms in total. The van der Waals surface area contributed by atoms with Crippen LogP contribution in [0.2, 0.25) is 5.02 Å². The third-order valence-corrected chi connectivity index (χ3v) is 8.08. The first-order valence-corrected chi connectivity index (χ1v) is 9.16. The van der Waals surface area contributed by atoms with E-state index in [0.29, 0.717) is 17.1 Å². The third kappa shape index (κ3) is 2.69. The van der Waals surface area contributed by atoms with Crippen LogP contribution in [0.25, 0.3) is 0 Å². The van der Waals surface area contributed by atoms with Crippen LogP contribution in [0.15, 0.2) is 24.3 Å². The van der Waals surface area contributed by atoms with Crippen molar-refractivity contribution in [3.63, 3.8) is 0 Å². The molecule has 0 aromatic heterocycles. The second-order valence-corrected chi connectivity index (χ2v) is 8.37. The highest BCUT2D eigenvalue weighted by molar-refractivity contribution is 9.12. The Labute approximate surface area is 149 Å². The molecular formula is C15H13Br2ClNO3-. The molecule has 3 rings (SSSR count). The molecule has 2 bridgehead atoms. The van der Waals surface area contributed by atoms with E-state index < -0.39 is 17.8 Å². The van der Waals surface area contributed by atoms with Crippen molar-refractivity contribution in [3.8, 4) is 0 Å². The van der Waals surface area contributed by atoms with Crippen LogP contribution in [0.4, 0.5) is 5.69 Å². The number of carbonyl (C=O) groups is 2. The van der Waals surface area contributed by atoms with Crippen LogP contribution in [0.5, 0.6) is 0 Å². The van der Waals surface area contributed by atoms with E-state index in [1.165, 1.54) is 0 Å². The number of hydrogen-bond acceptors (Lipinski definition) is 3. The number of fused-ring (bicyclic) bond motifs is 2. The van der Waals surface area contributed by atoms with Crippen molar-refractivity contribution in [2.75, 3.05) is 5.32 Å². The topological polar surface area (TPSA) is 69.2 Å². The van der Waals surface area contributed by atoms with E-state index in [-0.39, 0.29) is 27.4 Å². The van der Waals surface area contributed by atoms with E-state index in [1.807, 2.05) is 0 Å². The molecule has 6 atom stereocenters. The third-order valence-electron chi connectivity index (χ3n) is 4.64. The first kappa shape index (κ1) is 16.3. The van der Waals surface area contributed by atoms with E-state index >= 15 is 0 Å². The second kappa shape index (κ2) is 6.13. The van der Waals surface area contributed by atoms with Crippen LogP contribution < -0.4 is 10.4 Å². The van der Waals surface area contributed by atoms with Crippen molar-refractivity contribution in [1.29, 1.82) is 0 Å². The SMILES string of the molecule is O=C(Nc1cccc(Cl)c1)[C@H]1[C@@H]2C[C@@H]([C@H](Br)[C@@H]2Br)[C@@H]1C(=O)[O-]. The standard InChI is InChI=1S/C15H14Br2ClNO3/c16-12-8-5-9(13(12)17)11(15(21)22)10(8)14(20)19-7-3-1-2-6(18)4-7/h1-4,8-13H,5H2,(H,19,20)(H,21,22)/p-1/t8-,9+,10-,11-,12+,13-/m0/s1. The number of hydrogen-bond donors (Lipinski definition) is 1. The number of carbonyl (C=O) groups excluding carboxylic acids is 2. The summed E-state index contributed by atoms with van der Waals surface area (Å²) in [6.07, 6.45) is 0.706. The summed E-state index contributed by atoms with van der Waals surface area (Å²) in [7, 11) is 0. The monoisotopic (exact) mass is 448 g/mol. The van der Waals surface area contributed by atoms with E-state index in [9.17, 15) is 14.7 Å². The summed E-state index contributed by atoms with van der Waals surface area (Å²) in [6.45, 7) is 0. The average molecular weight is 451 g/mol. The van der Waals surface area contributed by atoms with Gasteiger partial charge in [0.2, 0.25) is 5.91 Å². The minimum absolute atomic E-state index is 0.0172. The fourth-order valence-electron chi connectivity index (χ4n) is 3.74. The van der Waals surface area contributed by atoms with Gasteiger partial charge < -0.3 is 15.2 Å². The van der Waals surface area contributed by atoms with E-state index in [0.717, 1.165) is 0 Å². The van der Waals surface area contributed by atoms with Gasteiger partial charge in [-0.3, -0.25) is 4.79 Å². The molecule has 2 saturated carbocycles. The molecule has 2 aliphatic rings. The Kier molecular flexibility index (Phi) is 4.54. The fourth-order valence-corrected chi connectivity index (χ4v) is 5.80. The van der Waals surface area contributed by atoms with Crippen molar-refractivity contribution in [3.05, 3.63) is 29.3 Å². The largest absolute Gasteiger partial charge is 0.550 e. The summed E-state index contributed by atoms with van der Waals surface area (Å²) in [5.74, 6) is -2.89. The lowest BCUT2D eigenvalue weighted by atomic mass is 9.78. The first-order chi connectivity index (χ1) is 10.4. The van der Waals surface area contributed by atoms with Crippen LogP contribution in [-0.2, 0) is 9.59 Å². The predicted octanol–water partition coefficient (Wildman–Crippen LogP) is 2.44. The Morgan fingerprint density at radius 3 is 2.41 bits per heavy atom. The van der Waals surface area contributed by atoms with Crippen molar-refractivity contribution >= 4 is 61.0 Å². The average Bonchev–Trinajstić information content (AvgIpc) is 2.97. The molecule has 1 aromatic rings. The summed E-state index contributed by atoms with van der Waals surface area (Å²) >= 11 is 13.0. The molecule has 2 aliphatic carbocycles. The highest BCUT2D eigenvalue weighted by Crippen LogP contribution is 2.57. The first-order valence-electron chi connectivity index (χ1n) is 6.95. The Morgan fingerprint density at radius 2 is 1.82 bits per heavy atom. The smallest absolute Gasteiger partial charge is 0.228 e. The van der Waals surface area contributed by atoms with E-state index in [1.54, 1.807) is 24.3 Å². The lowest BCUT2D eigenvalue weighted by Gasteiger charge is -2.36. The number of carboxylic acids is 1. The molecule has 2 fully saturated rings. The van der Waals surface area contributed by atoms with Crippen LogP contribution in [0.3, 0.4) is 0 Å². The summed E-state index contributed by atoms with van der Waals surface area (Å²) in [4.78, 5) is 24.3. The number of carboxylic acid groups (broad SMARTS) is 1. The van der Waals surface area contributed by atoms with Crippen LogP contribution in [0, 0.1) is 23.7 Å². The maximum Gasteiger partial charge on any atom is 0.228 e. The maximum atomic E-state index is 12.6. The zero-order chi connectivity index (χ0) is 16.0. The van der Waals surface area contributed by atoms with Crippen molar-refractivity contribution in [2.45, 2.75) is 16.1 Å². The van der Waals surface area contributed by atoms with E-state index in [4.69, 9.17) is 11.6 Å². The van der Waals surface area contributed by atoms with Crippen molar-refractivity contribution < 1.29 is 14.7 Å². The number of nitrogens with one attached hydrogen (secondary N) is 1. The van der Waals surface area contributed by atoms with Crippen molar-refractivity contribution in [2.24, 2.45) is 23.7 Å². The van der Waals surface area contributed by atoms with Gasteiger partial charge in [0.15, 0.2) is 0 Å². The Hall–Kier alpha value is -0.590. The molecule has 118 valence electrons. The molecule has 0 spiro atoms. The van der Waals surface area contributed by atoms with Gasteiger partial charge in [0.25, 0.3) is 0 Å². The number of amides is 1. The van der Waals surface area contributed by atoms with Gasteiger partial charge in [-0.05, 0) is 36.5 Å². The lowest BCUT2D eigenvalue weighted by molar-refractivity contribution is -0.314. The van der Waals surface area contributed by atoms with Crippen LogP contribution >= 0.6 is 43.5 Å². The molecule has 1 aromatic carbocycles. The number of alkyl halides is 2. The van der Waals surface area contributed by atoms with Gasteiger partial charge in [0.1, 0.15) is 0 Å². The Balaban J connectivity index is 1.83. The van der Waals surface area contributed by atoms with Gasteiger partial charge in [-0.2, -0.15) is 0 Å². The van der Waals surface area contributed by atoms with Gasteiger partial charge in [-0.1, -0.05) is 49.5 Å². The normalized spacial score (nSPS) is 36.3. The quantitative estimate of drug-likeness (QED) is 0.720. The van der Waals surface area contributed by atoms with Gasteiger partial charge in [0, 0.05) is 32.3 Å². The summed E-state index contributed by atoms with van der Waals surface area (Å²) in [6, 6.07) is 6.81. The predicted molar refractivity (Wildman–Crippen MR) is 89.1 cm³/mol. The molecule has 1 amide bonds. The zero-order valence-electron chi connectivity index (χ0n) is 11.3. The molecule has 0 saturated heterocycles. The summed E-state index contributed by atoms with van der Waals surface area (Å²) in [5, 5.41) is 14.8. The number of anilines is 1. The molecule has 7 heteroatoms. The maximum absolute atomic E-state index is 12.6. The summed E-state index contributed by atoms with van der Waals surface area (Å²) < 4.78 is 0. The van der Waals surface area contributed by atoms with Crippen LogP contribution in [-0.4, -0.2) is 21.5 Å². The number of halogens is 3. The zero-order valence-corrected chi connectivity index (χ0v) is 15.3. The molecule has 0 unspecified atom stereocenters. The summed E-state index contributed by atoms with van der Waals surface area (Å²) in [5.41, 5.74) is 0.568. The highest BCUT2D eigenvalue weighted by atomic mass is 79.9. The highest BCUT2D eigenvalue weighted by Gasteiger charge is 2.59. The molecule has 0 heterocycles. The molecule has 22 heavy (non-hydrogen) atoms. The Bertz CT molecular complexity index is 627. The molecular weight excluding hydrogens is 437 g/mol. The molecule has 1 N–H and O–H groups in total. The van der Waals surface area contributed by atoms with Gasteiger partial charge in [0.05, 0.1) is 5.92 Å². The van der Waals surface area contributed by atoms with E-state index in [2.05, 4.69) is 37.2 Å². The Morgan fingerprint density at radius 1 is 1.18 bits per heavy atom. The van der Waals surface area contributed by atoms with Gasteiger partial charge >= 0.3 is 0 Å². The molecule has 0 radical (unpaired) electrons. The number of rotatable bonds is 3. The van der Waals surface area contributed by atoms with Crippen LogP contribution in [0.1, 0.15) is 6.42 Å². The second-order valence-electron chi connectivity index (χ2n) is 5.82. The lowest BCUT2D eigenvalue weighted by Crippen LogP contribution is -2.49. The van der Waals surface area contributed by atoms with Gasteiger partial charge in [-0.15, -0.1) is 0 Å². The number of aliphatic carboxylic acids is 1. The molecule has 0 aliphatic heterocycles. The van der Waals surface area contributed by atoms with Crippen molar-refractivity contribution in [1.82, 2.24) is 0 Å². The minimum atomic E-state index is -1.15. The number of benzene rings is 1. The fraction of sp³-hybridized carbons (Fsp3) is 0.467. The van der Waals surface area contributed by atoms with Gasteiger partial charge in [-0.25, -0.2) is 0 Å².